The van der Waals surface area contributed by atoms with Gasteiger partial charge < -0.3 is 20.0 Å². The first-order valence-electron chi connectivity index (χ1n) is 7.62. The third-order valence-corrected chi connectivity index (χ3v) is 3.41. The minimum absolute atomic E-state index is 0.345. The van der Waals surface area contributed by atoms with Crippen LogP contribution < -0.4 is 11.0 Å². The van der Waals surface area contributed by atoms with Crippen molar-refractivity contribution in [3.05, 3.63) is 70.4 Å². The van der Waals surface area contributed by atoms with Crippen molar-refractivity contribution < 1.29 is 18.7 Å². The maximum Gasteiger partial charge on any atom is 0.331 e. The van der Waals surface area contributed by atoms with E-state index in [1.165, 1.54) is 24.3 Å². The van der Waals surface area contributed by atoms with Crippen molar-refractivity contribution in [3.8, 4) is 0 Å². The Hall–Kier alpha value is -3.68. The zero-order valence-electron chi connectivity index (χ0n) is 13.4. The molecule has 0 aliphatic carbocycles. The molecular weight excluding hydrogens is 341 g/mol. The van der Waals surface area contributed by atoms with E-state index in [1.807, 2.05) is 0 Å². The highest BCUT2D eigenvalue weighted by Gasteiger charge is 2.07. The third kappa shape index (κ3) is 4.44. The van der Waals surface area contributed by atoms with Crippen LogP contribution in [-0.2, 0) is 14.3 Å². The molecule has 0 spiro atoms. The van der Waals surface area contributed by atoms with E-state index in [0.29, 0.717) is 22.3 Å². The molecule has 1 amide bonds. The predicted molar refractivity (Wildman–Crippen MR) is 93.9 cm³/mol. The van der Waals surface area contributed by atoms with Crippen LogP contribution in [0.15, 0.2) is 53.3 Å². The van der Waals surface area contributed by atoms with Crippen molar-refractivity contribution >= 4 is 34.7 Å². The van der Waals surface area contributed by atoms with Crippen molar-refractivity contribution in [1.82, 2.24) is 9.97 Å². The molecule has 0 fully saturated rings. The normalized spacial score (nSPS) is 11.0. The zero-order chi connectivity index (χ0) is 18.5. The molecule has 2 aromatic carbocycles. The van der Waals surface area contributed by atoms with E-state index in [4.69, 9.17) is 4.74 Å². The number of amides is 1. The summed E-state index contributed by atoms with van der Waals surface area (Å²) >= 11 is 0. The Labute approximate surface area is 146 Å². The quantitative estimate of drug-likeness (QED) is 0.482. The lowest BCUT2D eigenvalue weighted by atomic mass is 10.2. The van der Waals surface area contributed by atoms with Crippen LogP contribution >= 0.6 is 0 Å². The number of ether oxygens (including phenoxy) is 1. The fraction of sp³-hybridized carbons (Fsp3) is 0.0556. The number of imidazole rings is 1. The first kappa shape index (κ1) is 17.2. The zero-order valence-corrected chi connectivity index (χ0v) is 13.4. The Kier molecular flexibility index (Phi) is 4.93. The van der Waals surface area contributed by atoms with E-state index in [0.717, 1.165) is 6.08 Å². The SMILES string of the molecule is O=C(COC(=O)/C=C/c1cccc(F)c1)Nc1ccc2[nH]c(=O)[nH]c2c1. The standard InChI is InChI=1S/C18H14FN3O4/c19-12-3-1-2-11(8-12)4-7-17(24)26-10-16(23)20-13-5-6-14-15(9-13)22-18(25)21-14/h1-9H,10H2,(H,20,23)(H2,21,22,25)/b7-4+. The van der Waals surface area contributed by atoms with Crippen molar-refractivity contribution in [3.63, 3.8) is 0 Å². The van der Waals surface area contributed by atoms with Crippen LogP contribution in [0.25, 0.3) is 17.1 Å². The molecule has 0 radical (unpaired) electrons. The highest BCUT2D eigenvalue weighted by molar-refractivity contribution is 5.95. The molecule has 1 aromatic heterocycles. The summed E-state index contributed by atoms with van der Waals surface area (Å²) in [6, 6.07) is 10.5. The second-order valence-corrected chi connectivity index (χ2v) is 5.38. The molecule has 26 heavy (non-hydrogen) atoms. The number of aromatic amines is 2. The lowest BCUT2D eigenvalue weighted by molar-refractivity contribution is -0.142. The number of esters is 1. The first-order chi connectivity index (χ1) is 12.5. The number of halogens is 1. The van der Waals surface area contributed by atoms with Gasteiger partial charge in [-0.3, -0.25) is 4.79 Å². The molecule has 132 valence electrons. The molecule has 7 nitrogen and oxygen atoms in total. The number of carbonyl (C=O) groups excluding carboxylic acids is 2. The molecule has 0 aliphatic heterocycles. The van der Waals surface area contributed by atoms with E-state index >= 15 is 0 Å². The second kappa shape index (κ2) is 7.47. The Bertz CT molecular complexity index is 1050. The van der Waals surface area contributed by atoms with Gasteiger partial charge >= 0.3 is 11.7 Å². The minimum atomic E-state index is -0.727. The summed E-state index contributed by atoms with van der Waals surface area (Å²) in [7, 11) is 0. The topological polar surface area (TPSA) is 104 Å². The molecule has 0 atom stereocenters. The van der Waals surface area contributed by atoms with E-state index < -0.39 is 24.3 Å². The van der Waals surface area contributed by atoms with E-state index in [2.05, 4.69) is 15.3 Å². The van der Waals surface area contributed by atoms with Gasteiger partial charge in [-0.1, -0.05) is 12.1 Å². The highest BCUT2D eigenvalue weighted by atomic mass is 19.1. The summed E-state index contributed by atoms with van der Waals surface area (Å²) in [6.45, 7) is -0.478. The number of fused-ring (bicyclic) bond motifs is 1. The maximum absolute atomic E-state index is 13.0. The summed E-state index contributed by atoms with van der Waals surface area (Å²) in [5, 5.41) is 2.55. The van der Waals surface area contributed by atoms with Gasteiger partial charge in [0.2, 0.25) is 0 Å². The molecule has 1 heterocycles. The summed E-state index contributed by atoms with van der Waals surface area (Å²) < 4.78 is 17.9. The van der Waals surface area contributed by atoms with Crippen molar-refractivity contribution in [2.24, 2.45) is 0 Å². The van der Waals surface area contributed by atoms with E-state index in [-0.39, 0.29) is 5.69 Å². The monoisotopic (exact) mass is 355 g/mol. The fourth-order valence-corrected chi connectivity index (χ4v) is 2.27. The van der Waals surface area contributed by atoms with Gasteiger partial charge in [0.25, 0.3) is 5.91 Å². The molecule has 0 aliphatic rings. The average Bonchev–Trinajstić information content (AvgIpc) is 2.97. The number of carbonyl (C=O) groups is 2. The Morgan fingerprint density at radius 3 is 2.73 bits per heavy atom. The molecule has 0 unspecified atom stereocenters. The molecule has 8 heteroatoms. The van der Waals surface area contributed by atoms with Crippen molar-refractivity contribution in [1.29, 1.82) is 0 Å². The van der Waals surface area contributed by atoms with Gasteiger partial charge in [-0.15, -0.1) is 0 Å². The molecule has 3 N–H and O–H groups in total. The second-order valence-electron chi connectivity index (χ2n) is 5.38. The van der Waals surface area contributed by atoms with Gasteiger partial charge in [0.15, 0.2) is 6.61 Å². The van der Waals surface area contributed by atoms with E-state index in [1.54, 1.807) is 24.3 Å². The smallest absolute Gasteiger partial charge is 0.331 e. The third-order valence-electron chi connectivity index (χ3n) is 3.41. The predicted octanol–water partition coefficient (Wildman–Crippen LogP) is 2.19. The van der Waals surface area contributed by atoms with Gasteiger partial charge in [-0.2, -0.15) is 0 Å². The Morgan fingerprint density at radius 2 is 1.92 bits per heavy atom. The van der Waals surface area contributed by atoms with Crippen molar-refractivity contribution in [2.75, 3.05) is 11.9 Å². The number of hydrogen-bond donors (Lipinski definition) is 3. The number of benzene rings is 2. The lowest BCUT2D eigenvalue weighted by Gasteiger charge is -2.05. The van der Waals surface area contributed by atoms with Crippen LogP contribution in [0.1, 0.15) is 5.56 Å². The van der Waals surface area contributed by atoms with Crippen LogP contribution in [0.3, 0.4) is 0 Å². The van der Waals surface area contributed by atoms with E-state index in [9.17, 15) is 18.8 Å². The number of hydrogen-bond acceptors (Lipinski definition) is 4. The van der Waals surface area contributed by atoms with Gasteiger partial charge in [0, 0.05) is 11.8 Å². The van der Waals surface area contributed by atoms with Gasteiger partial charge in [-0.25, -0.2) is 14.0 Å². The summed E-state index contributed by atoms with van der Waals surface area (Å²) in [6.07, 6.45) is 2.50. The van der Waals surface area contributed by atoms with Crippen LogP contribution in [0, 0.1) is 5.82 Å². The van der Waals surface area contributed by atoms with Crippen LogP contribution in [-0.4, -0.2) is 28.5 Å². The molecule has 0 saturated heterocycles. The number of nitrogens with one attached hydrogen (secondary N) is 3. The largest absolute Gasteiger partial charge is 0.452 e. The molecule has 0 bridgehead atoms. The molecular formula is C18H14FN3O4. The summed E-state index contributed by atoms with van der Waals surface area (Å²) in [5.74, 6) is -1.68. The number of H-pyrrole nitrogens is 2. The minimum Gasteiger partial charge on any atom is -0.452 e. The van der Waals surface area contributed by atoms with Crippen LogP contribution in [0.5, 0.6) is 0 Å². The molecule has 0 saturated carbocycles. The van der Waals surface area contributed by atoms with Gasteiger partial charge in [0.1, 0.15) is 5.82 Å². The van der Waals surface area contributed by atoms with Crippen molar-refractivity contribution in [2.45, 2.75) is 0 Å². The molecule has 3 rings (SSSR count). The summed E-state index contributed by atoms with van der Waals surface area (Å²) in [4.78, 5) is 39.8. The van der Waals surface area contributed by atoms with Gasteiger partial charge in [-0.05, 0) is 42.0 Å². The number of anilines is 1. The summed E-state index contributed by atoms with van der Waals surface area (Å²) in [5.41, 5.74) is 1.76. The fourth-order valence-electron chi connectivity index (χ4n) is 2.27. The Morgan fingerprint density at radius 1 is 1.12 bits per heavy atom. The van der Waals surface area contributed by atoms with Gasteiger partial charge in [0.05, 0.1) is 11.0 Å². The highest BCUT2D eigenvalue weighted by Crippen LogP contribution is 2.14. The number of rotatable bonds is 5. The average molecular weight is 355 g/mol. The molecule has 3 aromatic rings. The van der Waals surface area contributed by atoms with Crippen LogP contribution in [0.2, 0.25) is 0 Å². The first-order valence-corrected chi connectivity index (χ1v) is 7.62. The number of aromatic nitrogens is 2. The maximum atomic E-state index is 13.0. The Balaban J connectivity index is 1.52. The van der Waals surface area contributed by atoms with Crippen LogP contribution in [0.4, 0.5) is 10.1 Å². The lowest BCUT2D eigenvalue weighted by Crippen LogP contribution is -2.20.